The van der Waals surface area contributed by atoms with Crippen LogP contribution in [0.15, 0.2) is 6.20 Å². The summed E-state index contributed by atoms with van der Waals surface area (Å²) in [7, 11) is 0. The summed E-state index contributed by atoms with van der Waals surface area (Å²) in [6.45, 7) is 2.26. The van der Waals surface area contributed by atoms with Crippen LogP contribution in [0.4, 0.5) is 5.82 Å². The average molecular weight is 191 g/mol. The number of nitrogens with zero attached hydrogens (tertiary/aromatic N) is 2. The van der Waals surface area contributed by atoms with Crippen LogP contribution in [0.25, 0.3) is 0 Å². The highest BCUT2D eigenvalue weighted by Crippen LogP contribution is 2.24. The van der Waals surface area contributed by atoms with E-state index >= 15 is 0 Å². The molecule has 1 atom stereocenters. The molecule has 1 aliphatic carbocycles. The molecule has 2 N–H and O–H groups in total. The zero-order valence-electron chi connectivity index (χ0n) is 8.66. The van der Waals surface area contributed by atoms with E-state index < -0.39 is 0 Å². The Morgan fingerprint density at radius 2 is 2.07 bits per heavy atom. The summed E-state index contributed by atoms with van der Waals surface area (Å²) in [6.07, 6.45) is 7.55. The maximum absolute atomic E-state index is 5.63. The first-order valence-electron chi connectivity index (χ1n) is 5.40. The Bertz CT molecular complexity index is 322. The van der Waals surface area contributed by atoms with E-state index in [1.165, 1.54) is 19.3 Å². The van der Waals surface area contributed by atoms with Gasteiger partial charge in [-0.15, -0.1) is 0 Å². The van der Waals surface area contributed by atoms with Gasteiger partial charge in [0.2, 0.25) is 0 Å². The molecule has 0 amide bonds. The highest BCUT2D eigenvalue weighted by molar-refractivity contribution is 5.28. The number of aryl methyl sites for hydroxylation is 2. The molecule has 0 aromatic carbocycles. The van der Waals surface area contributed by atoms with Crippen molar-refractivity contribution in [2.45, 2.75) is 39.0 Å². The molecular weight excluding hydrogens is 174 g/mol. The lowest BCUT2D eigenvalue weighted by molar-refractivity contribution is 0.449. The van der Waals surface area contributed by atoms with E-state index in [4.69, 9.17) is 5.73 Å². The van der Waals surface area contributed by atoms with Crippen LogP contribution in [0, 0.1) is 5.92 Å². The Kier molecular flexibility index (Phi) is 2.66. The molecule has 0 saturated carbocycles. The van der Waals surface area contributed by atoms with Crippen molar-refractivity contribution in [1.82, 2.24) is 9.97 Å². The van der Waals surface area contributed by atoms with Crippen LogP contribution in [-0.2, 0) is 12.8 Å². The normalized spacial score (nSPS) is 21.4. The molecule has 2 rings (SSSR count). The first-order valence-corrected chi connectivity index (χ1v) is 5.40. The topological polar surface area (TPSA) is 51.8 Å². The highest BCUT2D eigenvalue weighted by Gasteiger charge is 2.16. The maximum Gasteiger partial charge on any atom is 0.142 e. The Hall–Kier alpha value is -1.12. The number of aromatic nitrogens is 2. The van der Waals surface area contributed by atoms with Crippen molar-refractivity contribution < 1.29 is 0 Å². The van der Waals surface area contributed by atoms with Gasteiger partial charge in [0.1, 0.15) is 5.82 Å². The molecule has 0 fully saturated rings. The largest absolute Gasteiger partial charge is 0.382 e. The fraction of sp³-hybridized carbons (Fsp3) is 0.636. The van der Waals surface area contributed by atoms with Crippen LogP contribution in [0.5, 0.6) is 0 Å². The van der Waals surface area contributed by atoms with Crippen molar-refractivity contribution >= 4 is 5.82 Å². The van der Waals surface area contributed by atoms with Crippen LogP contribution < -0.4 is 5.73 Å². The third-order valence-corrected chi connectivity index (χ3v) is 3.11. The summed E-state index contributed by atoms with van der Waals surface area (Å²) in [5.74, 6) is 1.39. The minimum atomic E-state index is 0.554. The molecule has 1 aromatic rings. The molecule has 0 bridgehead atoms. The van der Waals surface area contributed by atoms with Gasteiger partial charge in [0.05, 0.1) is 17.6 Å². The molecule has 0 spiro atoms. The molecule has 1 heterocycles. The van der Waals surface area contributed by atoms with E-state index in [9.17, 15) is 0 Å². The Labute approximate surface area is 84.8 Å². The molecule has 14 heavy (non-hydrogen) atoms. The molecule has 3 heteroatoms. The summed E-state index contributed by atoms with van der Waals surface area (Å²) in [5, 5.41) is 0. The number of anilines is 1. The molecule has 0 saturated heterocycles. The molecular formula is C11H17N3. The van der Waals surface area contributed by atoms with E-state index in [1.54, 1.807) is 6.20 Å². The van der Waals surface area contributed by atoms with Crippen LogP contribution in [0.1, 0.15) is 37.6 Å². The number of fused-ring (bicyclic) bond motifs is 1. The standard InChI is InChI=1S/C11H17N3/c1-2-8-3-5-9-10(6-4-8)14-11(12)7-13-9/h7-8H,2-6H2,1H3,(H2,12,14). The molecule has 0 radical (unpaired) electrons. The van der Waals surface area contributed by atoms with Crippen LogP contribution in [-0.4, -0.2) is 9.97 Å². The van der Waals surface area contributed by atoms with E-state index in [1.807, 2.05) is 0 Å². The molecule has 76 valence electrons. The number of nitrogen functional groups attached to an aromatic ring is 1. The van der Waals surface area contributed by atoms with Gasteiger partial charge in [-0.2, -0.15) is 0 Å². The SMILES string of the molecule is CCC1CCc2ncc(N)nc2CC1. The van der Waals surface area contributed by atoms with Gasteiger partial charge in [-0.3, -0.25) is 4.98 Å². The quantitative estimate of drug-likeness (QED) is 0.690. The van der Waals surface area contributed by atoms with Gasteiger partial charge < -0.3 is 5.73 Å². The van der Waals surface area contributed by atoms with Gasteiger partial charge in [-0.1, -0.05) is 13.3 Å². The molecule has 3 nitrogen and oxygen atoms in total. The minimum Gasteiger partial charge on any atom is -0.382 e. The average Bonchev–Trinajstić information content (AvgIpc) is 2.39. The molecule has 1 aromatic heterocycles. The fourth-order valence-electron chi connectivity index (χ4n) is 2.11. The number of rotatable bonds is 1. The zero-order valence-corrected chi connectivity index (χ0v) is 8.66. The smallest absolute Gasteiger partial charge is 0.142 e. The van der Waals surface area contributed by atoms with Crippen molar-refractivity contribution in [2.75, 3.05) is 5.73 Å². The van der Waals surface area contributed by atoms with Crippen molar-refractivity contribution in [1.29, 1.82) is 0 Å². The van der Waals surface area contributed by atoms with Crippen LogP contribution in [0.3, 0.4) is 0 Å². The van der Waals surface area contributed by atoms with Crippen LogP contribution >= 0.6 is 0 Å². The molecule has 1 aliphatic rings. The number of hydrogen-bond donors (Lipinski definition) is 1. The first kappa shape index (κ1) is 9.44. The molecule has 0 aliphatic heterocycles. The minimum absolute atomic E-state index is 0.554. The van der Waals surface area contributed by atoms with Gasteiger partial charge in [0.25, 0.3) is 0 Å². The second-order valence-electron chi connectivity index (χ2n) is 4.04. The van der Waals surface area contributed by atoms with Gasteiger partial charge in [-0.25, -0.2) is 4.98 Å². The van der Waals surface area contributed by atoms with Crippen LogP contribution in [0.2, 0.25) is 0 Å². The highest BCUT2D eigenvalue weighted by atomic mass is 14.9. The fourth-order valence-corrected chi connectivity index (χ4v) is 2.11. The first-order chi connectivity index (χ1) is 6.79. The van der Waals surface area contributed by atoms with Gasteiger partial charge in [-0.05, 0) is 31.6 Å². The lowest BCUT2D eigenvalue weighted by Gasteiger charge is -2.08. The Morgan fingerprint density at radius 3 is 2.79 bits per heavy atom. The lowest BCUT2D eigenvalue weighted by Crippen LogP contribution is -2.02. The van der Waals surface area contributed by atoms with Gasteiger partial charge in [0, 0.05) is 0 Å². The Balaban J connectivity index is 2.21. The second kappa shape index (κ2) is 3.95. The number of hydrogen-bond acceptors (Lipinski definition) is 3. The summed E-state index contributed by atoms with van der Waals surface area (Å²) in [5.41, 5.74) is 7.91. The lowest BCUT2D eigenvalue weighted by atomic mass is 9.97. The second-order valence-corrected chi connectivity index (χ2v) is 4.04. The van der Waals surface area contributed by atoms with Crippen molar-refractivity contribution in [2.24, 2.45) is 5.92 Å². The third-order valence-electron chi connectivity index (χ3n) is 3.11. The summed E-state index contributed by atoms with van der Waals surface area (Å²) >= 11 is 0. The van der Waals surface area contributed by atoms with E-state index in [0.29, 0.717) is 5.82 Å². The summed E-state index contributed by atoms with van der Waals surface area (Å²) in [6, 6.07) is 0. The van der Waals surface area contributed by atoms with Crippen molar-refractivity contribution in [3.63, 3.8) is 0 Å². The molecule has 1 unspecified atom stereocenters. The zero-order chi connectivity index (χ0) is 9.97. The monoisotopic (exact) mass is 191 g/mol. The van der Waals surface area contributed by atoms with Crippen molar-refractivity contribution in [3.05, 3.63) is 17.6 Å². The third kappa shape index (κ3) is 1.86. The Morgan fingerprint density at radius 1 is 1.36 bits per heavy atom. The van der Waals surface area contributed by atoms with E-state index in [2.05, 4.69) is 16.9 Å². The van der Waals surface area contributed by atoms with Gasteiger partial charge in [0.15, 0.2) is 0 Å². The van der Waals surface area contributed by atoms with E-state index in [-0.39, 0.29) is 0 Å². The summed E-state index contributed by atoms with van der Waals surface area (Å²) < 4.78 is 0. The summed E-state index contributed by atoms with van der Waals surface area (Å²) in [4.78, 5) is 8.72. The maximum atomic E-state index is 5.63. The van der Waals surface area contributed by atoms with Gasteiger partial charge >= 0.3 is 0 Å². The van der Waals surface area contributed by atoms with E-state index in [0.717, 1.165) is 30.1 Å². The predicted molar refractivity (Wildman–Crippen MR) is 56.9 cm³/mol. The van der Waals surface area contributed by atoms with Crippen molar-refractivity contribution in [3.8, 4) is 0 Å². The predicted octanol–water partition coefficient (Wildman–Crippen LogP) is 1.96. The number of nitrogens with two attached hydrogens (primary N) is 1.